The molecular weight excluding hydrogens is 295 g/mol. The lowest BCUT2D eigenvalue weighted by Gasteiger charge is -2.29. The van der Waals surface area contributed by atoms with Crippen molar-refractivity contribution in [2.24, 2.45) is 11.7 Å². The van der Waals surface area contributed by atoms with Gasteiger partial charge in [-0.2, -0.15) is 0 Å². The number of aromatic hydroxyl groups is 1. The molecule has 0 aliphatic carbocycles. The summed E-state index contributed by atoms with van der Waals surface area (Å²) in [6, 6.07) is 2.88. The van der Waals surface area contributed by atoms with Crippen LogP contribution in [0.2, 0.25) is 10.0 Å². The Bertz CT molecular complexity index is 385. The highest BCUT2D eigenvalue weighted by molar-refractivity contribution is 6.35. The molecule has 1 atom stereocenters. The van der Waals surface area contributed by atoms with E-state index >= 15 is 0 Å². The minimum absolute atomic E-state index is 0. The zero-order valence-electron chi connectivity index (χ0n) is 9.83. The Morgan fingerprint density at radius 3 is 2.44 bits per heavy atom. The van der Waals surface area contributed by atoms with Crippen LogP contribution in [-0.4, -0.2) is 18.2 Å². The number of benzene rings is 1. The number of phenols is 1. The molecule has 0 radical (unpaired) electrons. The van der Waals surface area contributed by atoms with Gasteiger partial charge >= 0.3 is 0 Å². The van der Waals surface area contributed by atoms with Gasteiger partial charge in [0.15, 0.2) is 0 Å². The van der Waals surface area contributed by atoms with Gasteiger partial charge in [0.1, 0.15) is 5.75 Å². The van der Waals surface area contributed by atoms with Gasteiger partial charge in [-0.05, 0) is 44.0 Å². The molecule has 6 heteroatoms. The molecule has 2 rings (SSSR count). The second kappa shape index (κ2) is 6.83. The third-order valence-corrected chi connectivity index (χ3v) is 3.83. The molecule has 0 saturated carbocycles. The normalized spacial score (nSPS) is 18.2. The minimum atomic E-state index is -0.234. The molecule has 1 aromatic carbocycles. The molecule has 3 nitrogen and oxygen atoms in total. The summed E-state index contributed by atoms with van der Waals surface area (Å²) in [5.74, 6) is 0.439. The third kappa shape index (κ3) is 3.43. The molecular formula is C12H17Cl3N2O. The molecule has 0 amide bonds. The number of nitrogens with one attached hydrogen (secondary N) is 1. The van der Waals surface area contributed by atoms with Crippen LogP contribution in [0.25, 0.3) is 0 Å². The molecule has 1 aliphatic heterocycles. The first-order valence-corrected chi connectivity index (χ1v) is 6.49. The first-order chi connectivity index (χ1) is 8.09. The van der Waals surface area contributed by atoms with Gasteiger partial charge in [-0.15, -0.1) is 12.4 Å². The second-order valence-electron chi connectivity index (χ2n) is 4.43. The standard InChI is InChI=1S/C12H16Cl2N2O.ClH/c13-8-5-9(14)11(10(17)6-8)12(15)7-1-3-16-4-2-7;/h5-7,12,16-17H,1-4,15H2;1H/t12-;/m1./s1. The Morgan fingerprint density at radius 1 is 1.28 bits per heavy atom. The van der Waals surface area contributed by atoms with Crippen LogP contribution >= 0.6 is 35.6 Å². The van der Waals surface area contributed by atoms with E-state index in [1.54, 1.807) is 6.07 Å². The van der Waals surface area contributed by atoms with Gasteiger partial charge in [-0.25, -0.2) is 0 Å². The number of nitrogens with two attached hydrogens (primary N) is 1. The topological polar surface area (TPSA) is 58.3 Å². The van der Waals surface area contributed by atoms with Crippen molar-refractivity contribution in [1.29, 1.82) is 0 Å². The first kappa shape index (κ1) is 15.9. The molecule has 0 aromatic heterocycles. The summed E-state index contributed by atoms with van der Waals surface area (Å²) in [5.41, 5.74) is 6.82. The zero-order valence-corrected chi connectivity index (χ0v) is 12.2. The monoisotopic (exact) mass is 310 g/mol. The Kier molecular flexibility index (Phi) is 6.02. The summed E-state index contributed by atoms with van der Waals surface area (Å²) >= 11 is 11.9. The van der Waals surface area contributed by atoms with Crippen molar-refractivity contribution in [3.8, 4) is 5.75 Å². The molecule has 102 valence electrons. The fraction of sp³-hybridized carbons (Fsp3) is 0.500. The van der Waals surface area contributed by atoms with E-state index in [2.05, 4.69) is 5.32 Å². The average molecular weight is 312 g/mol. The Balaban J connectivity index is 0.00000162. The minimum Gasteiger partial charge on any atom is -0.508 e. The molecule has 0 unspecified atom stereocenters. The fourth-order valence-corrected chi connectivity index (χ4v) is 2.95. The highest BCUT2D eigenvalue weighted by atomic mass is 35.5. The molecule has 1 aromatic rings. The van der Waals surface area contributed by atoms with Gasteiger partial charge in [0.25, 0.3) is 0 Å². The number of hydrogen-bond donors (Lipinski definition) is 3. The molecule has 1 fully saturated rings. The van der Waals surface area contributed by atoms with Crippen LogP contribution in [0.3, 0.4) is 0 Å². The zero-order chi connectivity index (χ0) is 12.4. The van der Waals surface area contributed by atoms with Crippen LogP contribution in [0.15, 0.2) is 12.1 Å². The van der Waals surface area contributed by atoms with E-state index in [0.29, 0.717) is 21.5 Å². The average Bonchev–Trinajstić information content (AvgIpc) is 2.28. The molecule has 0 spiro atoms. The molecule has 1 aliphatic rings. The second-order valence-corrected chi connectivity index (χ2v) is 5.28. The largest absolute Gasteiger partial charge is 0.508 e. The van der Waals surface area contributed by atoms with Crippen LogP contribution in [0.4, 0.5) is 0 Å². The highest BCUT2D eigenvalue weighted by Crippen LogP contribution is 2.38. The van der Waals surface area contributed by atoms with E-state index in [4.69, 9.17) is 28.9 Å². The van der Waals surface area contributed by atoms with Gasteiger partial charge < -0.3 is 16.2 Å². The number of hydrogen-bond acceptors (Lipinski definition) is 3. The smallest absolute Gasteiger partial charge is 0.123 e. The maximum atomic E-state index is 9.91. The summed E-state index contributed by atoms with van der Waals surface area (Å²) in [6.45, 7) is 1.93. The van der Waals surface area contributed by atoms with Crippen molar-refractivity contribution < 1.29 is 5.11 Å². The fourth-order valence-electron chi connectivity index (χ4n) is 2.34. The molecule has 0 bridgehead atoms. The van der Waals surface area contributed by atoms with E-state index < -0.39 is 0 Å². The SMILES string of the molecule is Cl.N[C@@H](c1c(O)cc(Cl)cc1Cl)C1CCNCC1. The summed E-state index contributed by atoms with van der Waals surface area (Å²) in [5, 5.41) is 14.1. The lowest BCUT2D eigenvalue weighted by atomic mass is 9.86. The highest BCUT2D eigenvalue weighted by Gasteiger charge is 2.25. The molecule has 1 heterocycles. The van der Waals surface area contributed by atoms with E-state index in [1.165, 1.54) is 6.07 Å². The number of phenolic OH excluding ortho intramolecular Hbond substituents is 1. The summed E-state index contributed by atoms with van der Waals surface area (Å²) in [4.78, 5) is 0. The van der Waals surface area contributed by atoms with Gasteiger partial charge in [0.05, 0.1) is 5.02 Å². The van der Waals surface area contributed by atoms with Gasteiger partial charge in [-0.3, -0.25) is 0 Å². The van der Waals surface area contributed by atoms with Crippen molar-refractivity contribution in [3.63, 3.8) is 0 Å². The predicted molar refractivity (Wildman–Crippen MR) is 77.9 cm³/mol. The van der Waals surface area contributed by atoms with Crippen LogP contribution in [-0.2, 0) is 0 Å². The van der Waals surface area contributed by atoms with Gasteiger partial charge in [0, 0.05) is 16.6 Å². The van der Waals surface area contributed by atoms with E-state index in [-0.39, 0.29) is 24.2 Å². The van der Waals surface area contributed by atoms with Crippen LogP contribution in [0.5, 0.6) is 5.75 Å². The van der Waals surface area contributed by atoms with Crippen molar-refractivity contribution in [2.45, 2.75) is 18.9 Å². The lowest BCUT2D eigenvalue weighted by molar-refractivity contribution is 0.316. The van der Waals surface area contributed by atoms with Crippen molar-refractivity contribution in [3.05, 3.63) is 27.7 Å². The van der Waals surface area contributed by atoms with Crippen LogP contribution in [0.1, 0.15) is 24.4 Å². The number of rotatable bonds is 2. The van der Waals surface area contributed by atoms with E-state index in [0.717, 1.165) is 25.9 Å². The Labute approximate surface area is 123 Å². The third-order valence-electron chi connectivity index (χ3n) is 3.30. The van der Waals surface area contributed by atoms with Crippen molar-refractivity contribution in [2.75, 3.05) is 13.1 Å². The lowest BCUT2D eigenvalue weighted by Crippen LogP contribution is -2.33. The van der Waals surface area contributed by atoms with Crippen LogP contribution in [0, 0.1) is 5.92 Å². The van der Waals surface area contributed by atoms with E-state index in [1.807, 2.05) is 0 Å². The number of piperidine rings is 1. The first-order valence-electron chi connectivity index (χ1n) is 5.74. The van der Waals surface area contributed by atoms with Crippen LogP contribution < -0.4 is 11.1 Å². The molecule has 18 heavy (non-hydrogen) atoms. The Hall–Kier alpha value is -0.190. The van der Waals surface area contributed by atoms with Crippen molar-refractivity contribution >= 4 is 35.6 Å². The maximum Gasteiger partial charge on any atom is 0.123 e. The molecule has 1 saturated heterocycles. The quantitative estimate of drug-likeness (QED) is 0.786. The summed E-state index contributed by atoms with van der Waals surface area (Å²) in [6.07, 6.45) is 2.00. The van der Waals surface area contributed by atoms with Crippen molar-refractivity contribution in [1.82, 2.24) is 5.32 Å². The number of halogens is 3. The van der Waals surface area contributed by atoms with E-state index in [9.17, 15) is 5.11 Å². The van der Waals surface area contributed by atoms with Gasteiger partial charge in [0.2, 0.25) is 0 Å². The van der Waals surface area contributed by atoms with Gasteiger partial charge in [-0.1, -0.05) is 23.2 Å². The Morgan fingerprint density at radius 2 is 1.89 bits per heavy atom. The predicted octanol–water partition coefficient (Wildman–Crippen LogP) is 3.12. The molecule has 4 N–H and O–H groups in total. The summed E-state index contributed by atoms with van der Waals surface area (Å²) in [7, 11) is 0. The maximum absolute atomic E-state index is 9.91. The summed E-state index contributed by atoms with van der Waals surface area (Å²) < 4.78 is 0.